The molecule has 0 saturated carbocycles. The third-order valence-corrected chi connectivity index (χ3v) is 4.22. The Hall–Kier alpha value is -0.960. The molecule has 0 spiro atoms. The van der Waals surface area contributed by atoms with Crippen LogP contribution in [0.25, 0.3) is 11.5 Å². The Morgan fingerprint density at radius 2 is 1.75 bits per heavy atom. The Kier molecular flexibility index (Phi) is 3.80. The van der Waals surface area contributed by atoms with Crippen LogP contribution in [-0.4, -0.2) is 18.9 Å². The van der Waals surface area contributed by atoms with Gasteiger partial charge in [-0.15, -0.1) is 0 Å². The maximum Gasteiger partial charge on any atom is 0.209 e. The second kappa shape index (κ2) is 5.44. The number of aromatic nitrogens is 4. The van der Waals surface area contributed by atoms with Gasteiger partial charge in [0, 0.05) is 21.3 Å². The fraction of sp³-hybridized carbons (Fsp3) is 0. The van der Waals surface area contributed by atoms with Crippen LogP contribution in [0.3, 0.4) is 0 Å². The van der Waals surface area contributed by atoms with Gasteiger partial charge in [0.25, 0.3) is 0 Å². The van der Waals surface area contributed by atoms with E-state index >= 15 is 0 Å². The zero-order chi connectivity index (χ0) is 14.3. The average molecular weight is 430 g/mol. The summed E-state index contributed by atoms with van der Waals surface area (Å²) < 4.78 is 6.16. The number of rotatable bonds is 1. The molecule has 0 atom stereocenters. The van der Waals surface area contributed by atoms with Gasteiger partial charge in [-0.1, -0.05) is 0 Å². The summed E-state index contributed by atoms with van der Waals surface area (Å²) in [5.74, 6) is 0.644. The van der Waals surface area contributed by atoms with Gasteiger partial charge in [-0.3, -0.25) is 4.40 Å². The third-order valence-electron chi connectivity index (χ3n) is 2.63. The first-order chi connectivity index (χ1) is 9.56. The molecule has 8 heteroatoms. The van der Waals surface area contributed by atoms with Crippen LogP contribution < -0.4 is 0 Å². The van der Waals surface area contributed by atoms with E-state index in [1.165, 1.54) is 0 Å². The molecule has 20 heavy (non-hydrogen) atoms. The van der Waals surface area contributed by atoms with Crippen LogP contribution in [-0.2, 0) is 0 Å². The van der Waals surface area contributed by atoms with Gasteiger partial charge in [0.05, 0.1) is 0 Å². The van der Waals surface area contributed by atoms with E-state index in [1.807, 2.05) is 30.5 Å². The van der Waals surface area contributed by atoms with Crippen molar-refractivity contribution in [1.29, 1.82) is 0 Å². The lowest BCUT2D eigenvalue weighted by atomic mass is 10.4. The fourth-order valence-electron chi connectivity index (χ4n) is 1.75. The molecule has 0 fully saturated rings. The predicted octanol–water partition coefficient (Wildman–Crippen LogP) is 4.50. The molecule has 0 saturated heterocycles. The summed E-state index contributed by atoms with van der Waals surface area (Å²) in [5.41, 5.74) is 0.705. The molecule has 3 rings (SSSR count). The Morgan fingerprint density at radius 3 is 2.45 bits per heavy atom. The monoisotopic (exact) mass is 428 g/mol. The molecule has 0 aliphatic rings. The molecule has 0 amide bonds. The second-order valence-electron chi connectivity index (χ2n) is 3.92. The Balaban J connectivity index is 2.39. The molecule has 4 nitrogen and oxygen atoms in total. The normalized spacial score (nSPS) is 10.9. The van der Waals surface area contributed by atoms with Crippen LogP contribution in [0.5, 0.6) is 0 Å². The summed E-state index contributed by atoms with van der Waals surface area (Å²) in [6, 6.07) is 7.47. The highest BCUT2D eigenvalue weighted by molar-refractivity contribution is 9.10. The zero-order valence-electron chi connectivity index (χ0n) is 9.83. The number of hydrogen-bond acceptors (Lipinski definition) is 4. The van der Waals surface area contributed by atoms with Gasteiger partial charge >= 0.3 is 0 Å². The van der Waals surface area contributed by atoms with Crippen LogP contribution in [0, 0.1) is 9.54 Å². The van der Waals surface area contributed by atoms with Crippen LogP contribution in [0.2, 0.25) is 0 Å². The summed E-state index contributed by atoms with van der Waals surface area (Å²) in [7, 11) is 0. The lowest BCUT2D eigenvalue weighted by molar-refractivity contribution is 0.830. The first-order valence-electron chi connectivity index (χ1n) is 5.49. The summed E-state index contributed by atoms with van der Waals surface area (Å²) in [4.78, 5) is 8.70. The minimum atomic E-state index is 0.382. The van der Waals surface area contributed by atoms with Gasteiger partial charge in [0.2, 0.25) is 4.77 Å². The van der Waals surface area contributed by atoms with Gasteiger partial charge in [-0.25, -0.2) is 14.5 Å². The average Bonchev–Trinajstić information content (AvgIpc) is 2.42. The highest BCUT2D eigenvalue weighted by Gasteiger charge is 2.06. The van der Waals surface area contributed by atoms with Crippen molar-refractivity contribution < 1.29 is 0 Å². The predicted molar refractivity (Wildman–Crippen MR) is 89.4 cm³/mol. The van der Waals surface area contributed by atoms with Gasteiger partial charge in [0.15, 0.2) is 4.77 Å². The van der Waals surface area contributed by atoms with Crippen LogP contribution in [0.1, 0.15) is 0 Å². The first-order valence-corrected chi connectivity index (χ1v) is 7.89. The lowest BCUT2D eigenvalue weighted by Crippen LogP contribution is -2.09. The molecule has 0 aliphatic carbocycles. The largest absolute Gasteiger partial charge is 0.276 e. The van der Waals surface area contributed by atoms with Gasteiger partial charge in [-0.05, 0) is 80.6 Å². The van der Waals surface area contributed by atoms with Crippen molar-refractivity contribution in [1.82, 2.24) is 18.9 Å². The molecule has 3 aromatic heterocycles. The number of hydrogen-bond donors (Lipinski definition) is 0. The summed E-state index contributed by atoms with van der Waals surface area (Å²) in [5, 5.41) is 0. The maximum absolute atomic E-state index is 5.50. The van der Waals surface area contributed by atoms with E-state index in [1.54, 1.807) is 15.2 Å². The van der Waals surface area contributed by atoms with E-state index in [0.29, 0.717) is 21.0 Å². The van der Waals surface area contributed by atoms with E-state index in [2.05, 4.69) is 41.8 Å². The third kappa shape index (κ3) is 2.48. The van der Waals surface area contributed by atoms with Gasteiger partial charge in [0.1, 0.15) is 11.5 Å². The van der Waals surface area contributed by atoms with E-state index < -0.39 is 0 Å². The molecule has 0 bridgehead atoms. The lowest BCUT2D eigenvalue weighted by Gasteiger charge is -2.09. The smallest absolute Gasteiger partial charge is 0.209 e. The maximum atomic E-state index is 5.50. The molecular formula is C12H6Br2N4S2. The summed E-state index contributed by atoms with van der Waals surface area (Å²) in [6.07, 6.45) is 3.55. The van der Waals surface area contributed by atoms with Gasteiger partial charge in [-0.2, -0.15) is 0 Å². The molecule has 0 radical (unpaired) electrons. The Labute approximate surface area is 141 Å². The number of halogens is 2. The number of nitrogens with zero attached hydrogens (tertiary/aromatic N) is 4. The molecular weight excluding hydrogens is 424 g/mol. The van der Waals surface area contributed by atoms with Crippen LogP contribution in [0.4, 0.5) is 0 Å². The van der Waals surface area contributed by atoms with E-state index in [-0.39, 0.29) is 0 Å². The minimum absolute atomic E-state index is 0.382. The van der Waals surface area contributed by atoms with E-state index in [9.17, 15) is 0 Å². The zero-order valence-corrected chi connectivity index (χ0v) is 14.6. The molecule has 3 aromatic rings. The first kappa shape index (κ1) is 14.0. The molecule has 0 aliphatic heterocycles. The molecule has 0 N–H and O–H groups in total. The quantitative estimate of drug-likeness (QED) is 0.533. The van der Waals surface area contributed by atoms with E-state index in [0.717, 1.165) is 8.95 Å². The SMILES string of the molecule is S=c1nc2ccc(Br)cn2c(=S)n1-c1ccc(Br)cn1. The second-order valence-corrected chi connectivity index (χ2v) is 6.48. The summed E-state index contributed by atoms with van der Waals surface area (Å²) >= 11 is 17.6. The molecule has 0 aromatic carbocycles. The topological polar surface area (TPSA) is 35.1 Å². The van der Waals surface area contributed by atoms with Crippen LogP contribution >= 0.6 is 56.3 Å². The van der Waals surface area contributed by atoms with Crippen molar-refractivity contribution in [3.05, 3.63) is 55.1 Å². The molecule has 100 valence electrons. The fourth-order valence-corrected chi connectivity index (χ4v) is 2.97. The van der Waals surface area contributed by atoms with Crippen molar-refractivity contribution in [2.75, 3.05) is 0 Å². The van der Waals surface area contributed by atoms with Crippen molar-refractivity contribution in [3.63, 3.8) is 0 Å². The molecule has 3 heterocycles. The minimum Gasteiger partial charge on any atom is -0.276 e. The van der Waals surface area contributed by atoms with Crippen LogP contribution in [0.15, 0.2) is 45.6 Å². The number of fused-ring (bicyclic) bond motifs is 1. The standard InChI is InChI=1S/C12H6Br2N4S2/c13-7-1-3-9(15-5-7)18-11(19)16-10-4-2-8(14)6-17(10)12(18)20/h1-6H. The van der Waals surface area contributed by atoms with Crippen molar-refractivity contribution in [3.8, 4) is 5.82 Å². The highest BCUT2D eigenvalue weighted by atomic mass is 79.9. The van der Waals surface area contributed by atoms with Crippen molar-refractivity contribution in [2.24, 2.45) is 0 Å². The van der Waals surface area contributed by atoms with Crippen molar-refractivity contribution >= 4 is 61.9 Å². The Bertz CT molecular complexity index is 915. The summed E-state index contributed by atoms with van der Waals surface area (Å²) in [6.45, 7) is 0. The Morgan fingerprint density at radius 1 is 1.00 bits per heavy atom. The highest BCUT2D eigenvalue weighted by Crippen LogP contribution is 2.15. The van der Waals surface area contributed by atoms with Crippen molar-refractivity contribution in [2.45, 2.75) is 0 Å². The molecule has 0 unspecified atom stereocenters. The van der Waals surface area contributed by atoms with E-state index in [4.69, 9.17) is 24.4 Å². The van der Waals surface area contributed by atoms with Gasteiger partial charge < -0.3 is 0 Å². The number of pyridine rings is 2.